The maximum Gasteiger partial charge on any atom is 0.237 e. The lowest BCUT2D eigenvalue weighted by molar-refractivity contribution is -0.113. The summed E-state index contributed by atoms with van der Waals surface area (Å²) in [4.78, 5) is 19.7. The highest BCUT2D eigenvalue weighted by Crippen LogP contribution is 2.27. The van der Waals surface area contributed by atoms with Crippen LogP contribution in [0, 0.1) is 0 Å². The van der Waals surface area contributed by atoms with Crippen molar-refractivity contribution < 1.29 is 4.79 Å². The summed E-state index contributed by atoms with van der Waals surface area (Å²) in [5.41, 5.74) is 0.670. The molecule has 8 nitrogen and oxygen atoms in total. The molecule has 10 heteroatoms. The van der Waals surface area contributed by atoms with Gasteiger partial charge in [0.2, 0.25) is 17.0 Å². The van der Waals surface area contributed by atoms with E-state index in [4.69, 9.17) is 17.4 Å². The predicted molar refractivity (Wildman–Crippen MR) is 92.0 cm³/mol. The summed E-state index contributed by atoms with van der Waals surface area (Å²) in [7, 11) is 0. The number of amides is 1. The van der Waals surface area contributed by atoms with Crippen LogP contribution in [0.3, 0.4) is 0 Å². The third-order valence-electron chi connectivity index (χ3n) is 2.93. The third kappa shape index (κ3) is 3.63. The van der Waals surface area contributed by atoms with E-state index in [0.29, 0.717) is 21.6 Å². The molecule has 2 heterocycles. The van der Waals surface area contributed by atoms with Crippen LogP contribution >= 0.6 is 23.4 Å². The summed E-state index contributed by atoms with van der Waals surface area (Å²) in [6, 6.07) is 8.84. The molecular formula is C14H12ClN7OS. The smallest absolute Gasteiger partial charge is 0.237 e. The van der Waals surface area contributed by atoms with Gasteiger partial charge in [0.1, 0.15) is 0 Å². The number of nitrogens with zero attached hydrogens (tertiary/aromatic N) is 5. The van der Waals surface area contributed by atoms with E-state index in [1.807, 2.05) is 12.1 Å². The lowest BCUT2D eigenvalue weighted by atomic mass is 10.2. The van der Waals surface area contributed by atoms with Crippen molar-refractivity contribution in [2.24, 2.45) is 0 Å². The van der Waals surface area contributed by atoms with Gasteiger partial charge in [0.05, 0.1) is 10.8 Å². The maximum absolute atomic E-state index is 11.9. The third-order valence-corrected chi connectivity index (χ3v) is 4.20. The summed E-state index contributed by atoms with van der Waals surface area (Å²) in [5, 5.41) is 11.5. The Labute approximate surface area is 146 Å². The van der Waals surface area contributed by atoms with Crippen molar-refractivity contribution in [3.8, 4) is 11.4 Å². The van der Waals surface area contributed by atoms with Crippen molar-refractivity contribution in [3.63, 3.8) is 0 Å². The van der Waals surface area contributed by atoms with E-state index < -0.39 is 0 Å². The van der Waals surface area contributed by atoms with E-state index in [-0.39, 0.29) is 17.6 Å². The monoisotopic (exact) mass is 361 g/mol. The number of rotatable bonds is 5. The minimum atomic E-state index is -0.270. The van der Waals surface area contributed by atoms with E-state index in [1.54, 1.807) is 30.6 Å². The van der Waals surface area contributed by atoms with Crippen molar-refractivity contribution in [1.82, 2.24) is 24.8 Å². The summed E-state index contributed by atoms with van der Waals surface area (Å²) < 4.78 is 1.30. The van der Waals surface area contributed by atoms with Gasteiger partial charge in [-0.2, -0.15) is 0 Å². The molecule has 0 spiro atoms. The summed E-state index contributed by atoms with van der Waals surface area (Å²) >= 11 is 7.29. The Morgan fingerprint density at radius 3 is 2.71 bits per heavy atom. The van der Waals surface area contributed by atoms with E-state index in [1.165, 1.54) is 4.68 Å². The number of halogens is 1. The molecule has 0 aliphatic carbocycles. The molecule has 3 rings (SSSR count). The largest absolute Gasteiger partial charge is 0.335 e. The minimum Gasteiger partial charge on any atom is -0.335 e. The molecule has 0 atom stereocenters. The normalized spacial score (nSPS) is 10.5. The highest BCUT2D eigenvalue weighted by atomic mass is 35.5. The van der Waals surface area contributed by atoms with Gasteiger partial charge >= 0.3 is 0 Å². The zero-order valence-corrected chi connectivity index (χ0v) is 13.8. The van der Waals surface area contributed by atoms with Crippen LogP contribution in [0.1, 0.15) is 0 Å². The summed E-state index contributed by atoms with van der Waals surface area (Å²) in [6.45, 7) is 0. The fourth-order valence-corrected chi connectivity index (χ4v) is 2.73. The molecule has 1 aromatic carbocycles. The first-order chi connectivity index (χ1) is 11.6. The topological polar surface area (TPSA) is 112 Å². The zero-order chi connectivity index (χ0) is 16.9. The number of hydrogen-bond donors (Lipinski definition) is 2. The first-order valence-electron chi connectivity index (χ1n) is 6.80. The van der Waals surface area contributed by atoms with Gasteiger partial charge in [0.25, 0.3) is 0 Å². The van der Waals surface area contributed by atoms with E-state index in [9.17, 15) is 4.79 Å². The first-order valence-corrected chi connectivity index (χ1v) is 8.16. The number of nitrogen functional groups attached to an aromatic ring is 1. The molecular weight excluding hydrogens is 350 g/mol. The van der Waals surface area contributed by atoms with Crippen LogP contribution in [-0.4, -0.2) is 36.5 Å². The fourth-order valence-electron chi connectivity index (χ4n) is 1.86. The van der Waals surface area contributed by atoms with Gasteiger partial charge in [-0.1, -0.05) is 35.5 Å². The molecule has 0 bridgehead atoms. The SMILES string of the molecule is Nn1c(SCC(=O)Nc2ncccn2)nnc1-c1ccccc1Cl. The Balaban J connectivity index is 1.67. The minimum absolute atomic E-state index is 0.0934. The molecule has 1 amide bonds. The highest BCUT2D eigenvalue weighted by Gasteiger charge is 2.15. The zero-order valence-electron chi connectivity index (χ0n) is 12.3. The molecule has 2 aromatic heterocycles. The number of thioether (sulfide) groups is 1. The Bertz CT molecular complexity index is 855. The first kappa shape index (κ1) is 16.2. The lowest BCUT2D eigenvalue weighted by Gasteiger charge is -2.05. The molecule has 0 saturated carbocycles. The van der Waals surface area contributed by atoms with E-state index >= 15 is 0 Å². The van der Waals surface area contributed by atoms with Crippen LogP contribution < -0.4 is 11.2 Å². The number of nitrogens with two attached hydrogens (primary N) is 1. The van der Waals surface area contributed by atoms with E-state index in [0.717, 1.165) is 11.8 Å². The second kappa shape index (κ2) is 7.28. The molecule has 0 radical (unpaired) electrons. The molecule has 0 aliphatic heterocycles. The van der Waals surface area contributed by atoms with Crippen LogP contribution in [0.2, 0.25) is 5.02 Å². The number of anilines is 1. The van der Waals surface area contributed by atoms with Crippen molar-refractivity contribution in [2.75, 3.05) is 16.9 Å². The molecule has 3 N–H and O–H groups in total. The second-order valence-corrected chi connectivity index (χ2v) is 5.91. The molecule has 0 fully saturated rings. The van der Waals surface area contributed by atoms with E-state index in [2.05, 4.69) is 25.5 Å². The molecule has 0 aliphatic rings. The van der Waals surface area contributed by atoms with Crippen LogP contribution in [0.5, 0.6) is 0 Å². The van der Waals surface area contributed by atoms with Gasteiger partial charge in [-0.15, -0.1) is 10.2 Å². The number of carbonyl (C=O) groups excluding carboxylic acids is 1. The van der Waals surface area contributed by atoms with Gasteiger partial charge in [0.15, 0.2) is 5.82 Å². The molecule has 24 heavy (non-hydrogen) atoms. The maximum atomic E-state index is 11.9. The van der Waals surface area contributed by atoms with Crippen molar-refractivity contribution >= 4 is 35.2 Å². The van der Waals surface area contributed by atoms with Crippen LogP contribution in [0.15, 0.2) is 47.9 Å². The molecule has 3 aromatic rings. The van der Waals surface area contributed by atoms with Gasteiger partial charge in [-0.05, 0) is 18.2 Å². The average Bonchev–Trinajstić information content (AvgIpc) is 2.95. The number of nitrogens with one attached hydrogen (secondary N) is 1. The van der Waals surface area contributed by atoms with Crippen molar-refractivity contribution in [1.29, 1.82) is 0 Å². The Kier molecular flexibility index (Phi) is 4.92. The predicted octanol–water partition coefficient (Wildman–Crippen LogP) is 1.83. The highest BCUT2D eigenvalue weighted by molar-refractivity contribution is 7.99. The Morgan fingerprint density at radius 1 is 1.21 bits per heavy atom. The Hall–Kier alpha value is -2.65. The number of benzene rings is 1. The Morgan fingerprint density at radius 2 is 1.96 bits per heavy atom. The standard InChI is InChI=1S/C14H12ClN7OS/c15-10-5-2-1-4-9(10)12-20-21-14(22(12)16)24-8-11(23)19-13-17-6-3-7-18-13/h1-7H,8,16H2,(H,17,18,19,23). The number of hydrogen-bond acceptors (Lipinski definition) is 7. The number of aromatic nitrogens is 5. The van der Waals surface area contributed by atoms with Crippen LogP contribution in [0.4, 0.5) is 5.95 Å². The number of carbonyl (C=O) groups is 1. The molecule has 122 valence electrons. The van der Waals surface area contributed by atoms with Crippen molar-refractivity contribution in [2.45, 2.75) is 5.16 Å². The lowest BCUT2D eigenvalue weighted by Crippen LogP contribution is -2.17. The quantitative estimate of drug-likeness (QED) is 0.526. The van der Waals surface area contributed by atoms with Crippen LogP contribution in [-0.2, 0) is 4.79 Å². The summed E-state index contributed by atoms with van der Waals surface area (Å²) in [6.07, 6.45) is 3.09. The van der Waals surface area contributed by atoms with Crippen molar-refractivity contribution in [3.05, 3.63) is 47.7 Å². The fraction of sp³-hybridized carbons (Fsp3) is 0.0714. The van der Waals surface area contributed by atoms with Crippen LogP contribution in [0.25, 0.3) is 11.4 Å². The summed E-state index contributed by atoms with van der Waals surface area (Å²) in [5.74, 6) is 6.49. The second-order valence-electron chi connectivity index (χ2n) is 4.57. The molecule has 0 unspecified atom stereocenters. The molecule has 0 saturated heterocycles. The average molecular weight is 362 g/mol. The van der Waals surface area contributed by atoms with Gasteiger partial charge in [-0.25, -0.2) is 14.6 Å². The van der Waals surface area contributed by atoms with Gasteiger partial charge < -0.3 is 5.84 Å². The van der Waals surface area contributed by atoms with Gasteiger partial charge in [-0.3, -0.25) is 10.1 Å². The van der Waals surface area contributed by atoms with Gasteiger partial charge in [0, 0.05) is 18.0 Å².